The molecule has 0 saturated heterocycles. The molecule has 4 aromatic rings. The number of hydrogen-bond donors (Lipinski definition) is 2. The lowest BCUT2D eigenvalue weighted by Crippen LogP contribution is -2.16. The number of hydrogen-bond acceptors (Lipinski definition) is 8. The smallest absolute Gasteiger partial charge is 0.269 e. The maximum atomic E-state index is 12.7. The number of aromatic nitrogens is 2. The van der Waals surface area contributed by atoms with E-state index < -0.39 is 14.9 Å². The Balaban J connectivity index is 1.51. The van der Waals surface area contributed by atoms with Gasteiger partial charge in [0.1, 0.15) is 11.6 Å². The summed E-state index contributed by atoms with van der Waals surface area (Å²) in [4.78, 5) is 18.5. The Kier molecular flexibility index (Phi) is 7.11. The van der Waals surface area contributed by atoms with Gasteiger partial charge in [-0.25, -0.2) is 13.4 Å². The molecule has 0 saturated carbocycles. The lowest BCUT2D eigenvalue weighted by atomic mass is 10.00. The number of nitrogens with one attached hydrogen (secondary N) is 2. The first-order valence-electron chi connectivity index (χ1n) is 10.9. The summed E-state index contributed by atoms with van der Waals surface area (Å²) in [6.45, 7) is 1.91. The highest BCUT2D eigenvalue weighted by Crippen LogP contribution is 2.32. The molecule has 0 amide bonds. The van der Waals surface area contributed by atoms with Gasteiger partial charge in [-0.15, -0.1) is 0 Å². The van der Waals surface area contributed by atoms with E-state index in [1.807, 2.05) is 55.5 Å². The monoisotopic (exact) mass is 505 g/mol. The fourth-order valence-corrected chi connectivity index (χ4v) is 4.58. The molecule has 1 aromatic heterocycles. The van der Waals surface area contributed by atoms with Crippen LogP contribution < -0.4 is 14.8 Å². The van der Waals surface area contributed by atoms with Gasteiger partial charge < -0.3 is 10.1 Å². The van der Waals surface area contributed by atoms with Crippen molar-refractivity contribution in [2.24, 2.45) is 0 Å². The average molecular weight is 506 g/mol. The van der Waals surface area contributed by atoms with Crippen LogP contribution in [0.25, 0.3) is 11.1 Å². The molecule has 11 heteroatoms. The summed E-state index contributed by atoms with van der Waals surface area (Å²) >= 11 is 0. The summed E-state index contributed by atoms with van der Waals surface area (Å²) < 4.78 is 33.4. The second-order valence-corrected chi connectivity index (χ2v) is 9.49. The maximum absolute atomic E-state index is 12.7. The van der Waals surface area contributed by atoms with Crippen LogP contribution in [0.2, 0.25) is 0 Å². The lowest BCUT2D eigenvalue weighted by molar-refractivity contribution is -0.384. The molecule has 1 heterocycles. The minimum atomic E-state index is -4.01. The number of sulfonamides is 1. The molecule has 36 heavy (non-hydrogen) atoms. The second-order valence-electron chi connectivity index (χ2n) is 7.81. The number of nitrogens with zero attached hydrogens (tertiary/aromatic N) is 3. The third-order valence-electron chi connectivity index (χ3n) is 5.41. The van der Waals surface area contributed by atoms with E-state index >= 15 is 0 Å². The summed E-state index contributed by atoms with van der Waals surface area (Å²) in [5, 5.41) is 14.0. The van der Waals surface area contributed by atoms with Crippen LogP contribution >= 0.6 is 0 Å². The van der Waals surface area contributed by atoms with Gasteiger partial charge in [0.05, 0.1) is 23.0 Å². The Labute approximate surface area is 208 Å². The predicted octanol–water partition coefficient (Wildman–Crippen LogP) is 5.03. The van der Waals surface area contributed by atoms with Gasteiger partial charge in [-0.05, 0) is 42.3 Å². The van der Waals surface area contributed by atoms with E-state index in [-0.39, 0.29) is 28.4 Å². The zero-order valence-corrected chi connectivity index (χ0v) is 20.3. The van der Waals surface area contributed by atoms with E-state index in [4.69, 9.17) is 4.74 Å². The first-order chi connectivity index (χ1) is 17.3. The third kappa shape index (κ3) is 5.58. The predicted molar refractivity (Wildman–Crippen MR) is 136 cm³/mol. The van der Waals surface area contributed by atoms with Crippen LogP contribution in [0.5, 0.6) is 5.75 Å². The zero-order valence-electron chi connectivity index (χ0n) is 19.5. The largest absolute Gasteiger partial charge is 0.496 e. The van der Waals surface area contributed by atoms with E-state index in [9.17, 15) is 18.5 Å². The quantitative estimate of drug-likeness (QED) is 0.239. The molecule has 10 nitrogen and oxygen atoms in total. The molecule has 0 aliphatic heterocycles. The first kappa shape index (κ1) is 24.6. The van der Waals surface area contributed by atoms with Crippen molar-refractivity contribution in [3.05, 3.63) is 101 Å². The molecule has 0 bridgehead atoms. The number of benzene rings is 3. The van der Waals surface area contributed by atoms with Gasteiger partial charge in [0.15, 0.2) is 0 Å². The molecule has 0 spiro atoms. The summed E-state index contributed by atoms with van der Waals surface area (Å²) in [6, 6.07) is 21.6. The molecule has 184 valence electrons. The fraction of sp³-hybridized carbons (Fsp3) is 0.120. The summed E-state index contributed by atoms with van der Waals surface area (Å²) in [7, 11) is -2.40. The average Bonchev–Trinajstić information content (AvgIpc) is 2.88. The van der Waals surface area contributed by atoms with Gasteiger partial charge >= 0.3 is 0 Å². The summed E-state index contributed by atoms with van der Waals surface area (Å²) in [6.07, 6.45) is 1.42. The number of nitro groups is 1. The highest BCUT2D eigenvalue weighted by molar-refractivity contribution is 7.92. The molecule has 0 aliphatic carbocycles. The SMILES string of the molecule is COc1cc(-c2ccccc2)ccc1[C@H](C)Nc1nccc(NS(=O)(=O)c2ccc([N+](=O)[O-])cc2)n1. The highest BCUT2D eigenvalue weighted by atomic mass is 32.2. The number of nitro benzene ring substituents is 1. The summed E-state index contributed by atoms with van der Waals surface area (Å²) in [5.41, 5.74) is 2.75. The second kappa shape index (κ2) is 10.4. The Morgan fingerprint density at radius 3 is 2.36 bits per heavy atom. The molecule has 1 atom stereocenters. The molecule has 0 radical (unpaired) electrons. The molecule has 4 rings (SSSR count). The Morgan fingerprint density at radius 2 is 1.69 bits per heavy atom. The fourth-order valence-electron chi connectivity index (χ4n) is 3.58. The van der Waals surface area contributed by atoms with Crippen molar-refractivity contribution >= 4 is 27.5 Å². The van der Waals surface area contributed by atoms with Crippen LogP contribution in [0.4, 0.5) is 17.5 Å². The van der Waals surface area contributed by atoms with Crippen molar-refractivity contribution in [2.45, 2.75) is 17.9 Å². The van der Waals surface area contributed by atoms with Crippen LogP contribution in [0.15, 0.2) is 90.0 Å². The van der Waals surface area contributed by atoms with Gasteiger partial charge in [-0.1, -0.05) is 42.5 Å². The summed E-state index contributed by atoms with van der Waals surface area (Å²) in [5.74, 6) is 0.941. The van der Waals surface area contributed by atoms with E-state index in [0.29, 0.717) is 5.75 Å². The normalized spacial score (nSPS) is 11.9. The van der Waals surface area contributed by atoms with Gasteiger partial charge in [0, 0.05) is 23.9 Å². The van der Waals surface area contributed by atoms with Crippen molar-refractivity contribution < 1.29 is 18.1 Å². The van der Waals surface area contributed by atoms with E-state index in [0.717, 1.165) is 41.0 Å². The number of non-ortho nitro benzene ring substituents is 1. The molecule has 0 aliphatic rings. The Bertz CT molecular complexity index is 1480. The van der Waals surface area contributed by atoms with Crippen LogP contribution in [0.3, 0.4) is 0 Å². The topological polar surface area (TPSA) is 136 Å². The number of anilines is 2. The van der Waals surface area contributed by atoms with Gasteiger partial charge in [0.25, 0.3) is 15.7 Å². The molecular formula is C25H23N5O5S. The van der Waals surface area contributed by atoms with Crippen LogP contribution in [-0.4, -0.2) is 30.4 Å². The molecule has 2 N–H and O–H groups in total. The van der Waals surface area contributed by atoms with Crippen molar-refractivity contribution in [2.75, 3.05) is 17.1 Å². The minimum Gasteiger partial charge on any atom is -0.496 e. The zero-order chi connectivity index (χ0) is 25.7. The van der Waals surface area contributed by atoms with Crippen molar-refractivity contribution in [1.82, 2.24) is 9.97 Å². The third-order valence-corrected chi connectivity index (χ3v) is 6.78. The molecule has 3 aromatic carbocycles. The number of methoxy groups -OCH3 is 1. The first-order valence-corrected chi connectivity index (χ1v) is 12.4. The molecular weight excluding hydrogens is 482 g/mol. The van der Waals surface area contributed by atoms with Crippen LogP contribution in [-0.2, 0) is 10.0 Å². The Morgan fingerprint density at radius 1 is 0.972 bits per heavy atom. The van der Waals surface area contributed by atoms with E-state index in [2.05, 4.69) is 20.0 Å². The van der Waals surface area contributed by atoms with Crippen molar-refractivity contribution in [3.8, 4) is 16.9 Å². The van der Waals surface area contributed by atoms with Crippen LogP contribution in [0.1, 0.15) is 18.5 Å². The van der Waals surface area contributed by atoms with E-state index in [1.54, 1.807) is 7.11 Å². The standard InChI is InChI=1S/C25H23N5O5S/c1-17(22-13-8-19(16-23(22)35-2)18-6-4-3-5-7-18)27-25-26-15-14-24(28-25)29-36(33,34)21-11-9-20(10-12-21)30(31)32/h3-17H,1-2H3,(H2,26,27,28,29)/t17-/m0/s1. The molecule has 0 fully saturated rings. The molecule has 0 unspecified atom stereocenters. The Hall–Kier alpha value is -4.51. The van der Waals surface area contributed by atoms with Gasteiger partial charge in [-0.2, -0.15) is 4.98 Å². The van der Waals surface area contributed by atoms with Gasteiger partial charge in [0.2, 0.25) is 5.95 Å². The van der Waals surface area contributed by atoms with Gasteiger partial charge in [-0.3, -0.25) is 14.8 Å². The van der Waals surface area contributed by atoms with Crippen LogP contribution in [0, 0.1) is 10.1 Å². The van der Waals surface area contributed by atoms with Crippen molar-refractivity contribution in [1.29, 1.82) is 0 Å². The number of rotatable bonds is 9. The van der Waals surface area contributed by atoms with Crippen molar-refractivity contribution in [3.63, 3.8) is 0 Å². The van der Waals surface area contributed by atoms with E-state index in [1.165, 1.54) is 12.3 Å². The number of ether oxygens (including phenoxy) is 1. The maximum Gasteiger partial charge on any atom is 0.269 e. The highest BCUT2D eigenvalue weighted by Gasteiger charge is 2.18. The minimum absolute atomic E-state index is 0.0458. The lowest BCUT2D eigenvalue weighted by Gasteiger charge is -2.18.